The highest BCUT2D eigenvalue weighted by Gasteiger charge is 2.36. The van der Waals surface area contributed by atoms with Crippen LogP contribution >= 0.6 is 0 Å². The lowest BCUT2D eigenvalue weighted by Gasteiger charge is -2.39. The standard InChI is InChI=1S/C10H13FN2/c1-7-2-3-8(9(11)4-7)10(12)5-13-6-10/h2-4,13H,5-6,12H2,1H3. The molecule has 0 radical (unpaired) electrons. The number of benzene rings is 1. The van der Waals surface area contributed by atoms with Crippen molar-refractivity contribution in [3.63, 3.8) is 0 Å². The summed E-state index contributed by atoms with van der Waals surface area (Å²) in [5.74, 6) is -0.191. The van der Waals surface area contributed by atoms with Crippen LogP contribution in [0.3, 0.4) is 0 Å². The minimum atomic E-state index is -0.488. The Morgan fingerprint density at radius 1 is 1.46 bits per heavy atom. The first-order valence-corrected chi connectivity index (χ1v) is 4.38. The molecular weight excluding hydrogens is 167 g/mol. The Bertz CT molecular complexity index is 332. The maximum absolute atomic E-state index is 13.5. The van der Waals surface area contributed by atoms with Crippen LogP contribution in [0.5, 0.6) is 0 Å². The van der Waals surface area contributed by atoms with Gasteiger partial charge in [-0.25, -0.2) is 4.39 Å². The van der Waals surface area contributed by atoms with E-state index >= 15 is 0 Å². The molecule has 1 aliphatic rings. The van der Waals surface area contributed by atoms with Crippen molar-refractivity contribution >= 4 is 0 Å². The number of nitrogens with one attached hydrogen (secondary N) is 1. The molecule has 0 aliphatic carbocycles. The highest BCUT2D eigenvalue weighted by Crippen LogP contribution is 2.25. The minimum Gasteiger partial charge on any atom is -0.319 e. The van der Waals surface area contributed by atoms with Crippen molar-refractivity contribution in [3.8, 4) is 0 Å². The quantitative estimate of drug-likeness (QED) is 0.673. The number of halogens is 1. The smallest absolute Gasteiger partial charge is 0.128 e. The number of aryl methyl sites for hydroxylation is 1. The molecule has 0 aromatic heterocycles. The first-order valence-electron chi connectivity index (χ1n) is 4.38. The molecule has 3 heteroatoms. The second kappa shape index (κ2) is 2.79. The first-order chi connectivity index (χ1) is 6.12. The van der Waals surface area contributed by atoms with Crippen LogP contribution in [-0.4, -0.2) is 13.1 Å². The van der Waals surface area contributed by atoms with Crippen LogP contribution in [0, 0.1) is 12.7 Å². The minimum absolute atomic E-state index is 0.191. The van der Waals surface area contributed by atoms with E-state index in [2.05, 4.69) is 5.32 Å². The van der Waals surface area contributed by atoms with E-state index in [-0.39, 0.29) is 5.82 Å². The average Bonchev–Trinajstić information content (AvgIpc) is 2.00. The number of nitrogens with two attached hydrogens (primary N) is 1. The average molecular weight is 180 g/mol. The molecule has 1 aromatic carbocycles. The Morgan fingerprint density at radius 2 is 2.15 bits per heavy atom. The second-order valence-corrected chi connectivity index (χ2v) is 3.74. The molecule has 0 bridgehead atoms. The summed E-state index contributed by atoms with van der Waals surface area (Å²) in [6, 6.07) is 5.21. The van der Waals surface area contributed by atoms with Gasteiger partial charge in [-0.15, -0.1) is 0 Å². The van der Waals surface area contributed by atoms with Gasteiger partial charge in [0.1, 0.15) is 5.82 Å². The normalized spacial score (nSPS) is 19.6. The van der Waals surface area contributed by atoms with Gasteiger partial charge in [-0.1, -0.05) is 12.1 Å². The van der Waals surface area contributed by atoms with Crippen LogP contribution in [0.1, 0.15) is 11.1 Å². The van der Waals surface area contributed by atoms with Gasteiger partial charge in [0.2, 0.25) is 0 Å². The maximum atomic E-state index is 13.5. The predicted octanol–water partition coefficient (Wildman–Crippen LogP) is 0.891. The van der Waals surface area contributed by atoms with Gasteiger partial charge < -0.3 is 11.1 Å². The highest BCUT2D eigenvalue weighted by molar-refractivity contribution is 5.32. The van der Waals surface area contributed by atoms with Crippen molar-refractivity contribution in [2.45, 2.75) is 12.5 Å². The topological polar surface area (TPSA) is 38.0 Å². The third-order valence-electron chi connectivity index (χ3n) is 2.54. The van der Waals surface area contributed by atoms with Crippen molar-refractivity contribution < 1.29 is 4.39 Å². The summed E-state index contributed by atoms with van der Waals surface area (Å²) in [6.45, 7) is 3.19. The van der Waals surface area contributed by atoms with Crippen molar-refractivity contribution in [3.05, 3.63) is 35.1 Å². The van der Waals surface area contributed by atoms with Gasteiger partial charge in [-0.3, -0.25) is 0 Å². The van der Waals surface area contributed by atoms with E-state index in [1.165, 1.54) is 6.07 Å². The molecule has 2 nitrogen and oxygen atoms in total. The monoisotopic (exact) mass is 180 g/mol. The lowest BCUT2D eigenvalue weighted by Crippen LogP contribution is -2.63. The molecular formula is C10H13FN2. The van der Waals surface area contributed by atoms with Gasteiger partial charge >= 0.3 is 0 Å². The molecule has 1 heterocycles. The van der Waals surface area contributed by atoms with Crippen molar-refractivity contribution in [1.29, 1.82) is 0 Å². The summed E-state index contributed by atoms with van der Waals surface area (Å²) in [7, 11) is 0. The predicted molar refractivity (Wildman–Crippen MR) is 49.9 cm³/mol. The lowest BCUT2D eigenvalue weighted by atomic mass is 9.85. The molecule has 0 atom stereocenters. The second-order valence-electron chi connectivity index (χ2n) is 3.74. The summed E-state index contributed by atoms with van der Waals surface area (Å²) in [5, 5.41) is 3.05. The van der Waals surface area contributed by atoms with Crippen LogP contribution in [0.15, 0.2) is 18.2 Å². The summed E-state index contributed by atoms with van der Waals surface area (Å²) in [4.78, 5) is 0. The first kappa shape index (κ1) is 8.66. The van der Waals surface area contributed by atoms with E-state index in [1.54, 1.807) is 6.07 Å². The third kappa shape index (κ3) is 1.34. The Hall–Kier alpha value is -0.930. The van der Waals surface area contributed by atoms with Crippen molar-refractivity contribution in [1.82, 2.24) is 5.32 Å². The van der Waals surface area contributed by atoms with Gasteiger partial charge in [0, 0.05) is 18.7 Å². The summed E-state index contributed by atoms with van der Waals surface area (Å²) in [6.07, 6.45) is 0. The molecule has 0 spiro atoms. The molecule has 2 rings (SSSR count). The number of hydrogen-bond acceptors (Lipinski definition) is 2. The molecule has 1 fully saturated rings. The van der Waals surface area contributed by atoms with E-state index in [4.69, 9.17) is 5.73 Å². The number of hydrogen-bond donors (Lipinski definition) is 2. The Morgan fingerprint density at radius 3 is 2.62 bits per heavy atom. The summed E-state index contributed by atoms with van der Waals surface area (Å²) in [5.41, 5.74) is 7.03. The molecule has 0 amide bonds. The third-order valence-corrected chi connectivity index (χ3v) is 2.54. The van der Waals surface area contributed by atoms with Gasteiger partial charge in [0.05, 0.1) is 5.54 Å². The van der Waals surface area contributed by atoms with Crippen molar-refractivity contribution in [2.24, 2.45) is 5.73 Å². The van der Waals surface area contributed by atoms with E-state index in [0.717, 1.165) is 5.56 Å². The van der Waals surface area contributed by atoms with Gasteiger partial charge in [-0.05, 0) is 18.6 Å². The molecule has 1 saturated heterocycles. The van der Waals surface area contributed by atoms with E-state index in [9.17, 15) is 4.39 Å². The molecule has 3 N–H and O–H groups in total. The zero-order chi connectivity index (χ0) is 9.47. The zero-order valence-corrected chi connectivity index (χ0v) is 7.60. The Balaban J connectivity index is 2.40. The summed E-state index contributed by atoms with van der Waals surface area (Å²) < 4.78 is 13.5. The SMILES string of the molecule is Cc1ccc(C2(N)CNC2)c(F)c1. The summed E-state index contributed by atoms with van der Waals surface area (Å²) >= 11 is 0. The molecule has 13 heavy (non-hydrogen) atoms. The van der Waals surface area contributed by atoms with E-state index < -0.39 is 5.54 Å². The van der Waals surface area contributed by atoms with E-state index in [0.29, 0.717) is 18.7 Å². The highest BCUT2D eigenvalue weighted by atomic mass is 19.1. The lowest BCUT2D eigenvalue weighted by molar-refractivity contribution is 0.277. The molecule has 70 valence electrons. The largest absolute Gasteiger partial charge is 0.319 e. The fourth-order valence-corrected chi connectivity index (χ4v) is 1.61. The van der Waals surface area contributed by atoms with Gasteiger partial charge in [-0.2, -0.15) is 0 Å². The Labute approximate surface area is 76.9 Å². The number of rotatable bonds is 1. The zero-order valence-electron chi connectivity index (χ0n) is 7.60. The Kier molecular flexibility index (Phi) is 1.86. The molecule has 0 unspecified atom stereocenters. The van der Waals surface area contributed by atoms with E-state index in [1.807, 2.05) is 13.0 Å². The maximum Gasteiger partial charge on any atom is 0.128 e. The van der Waals surface area contributed by atoms with Crippen LogP contribution in [0.25, 0.3) is 0 Å². The molecule has 0 saturated carbocycles. The fraction of sp³-hybridized carbons (Fsp3) is 0.400. The van der Waals surface area contributed by atoms with Crippen LogP contribution in [0.4, 0.5) is 4.39 Å². The fourth-order valence-electron chi connectivity index (χ4n) is 1.61. The van der Waals surface area contributed by atoms with Crippen LogP contribution in [0.2, 0.25) is 0 Å². The van der Waals surface area contributed by atoms with Gasteiger partial charge in [0.15, 0.2) is 0 Å². The molecule has 1 aromatic rings. The van der Waals surface area contributed by atoms with Crippen LogP contribution in [-0.2, 0) is 5.54 Å². The van der Waals surface area contributed by atoms with Crippen molar-refractivity contribution in [2.75, 3.05) is 13.1 Å². The van der Waals surface area contributed by atoms with Crippen LogP contribution < -0.4 is 11.1 Å². The van der Waals surface area contributed by atoms with Gasteiger partial charge in [0.25, 0.3) is 0 Å². The molecule has 1 aliphatic heterocycles.